The van der Waals surface area contributed by atoms with Gasteiger partial charge in [0.2, 0.25) is 0 Å². The van der Waals surface area contributed by atoms with E-state index in [2.05, 4.69) is 26.2 Å². The fraction of sp³-hybridized carbons (Fsp3) is 0.286. The van der Waals surface area contributed by atoms with Crippen molar-refractivity contribution in [3.8, 4) is 0 Å². The molecule has 2 nitrogen and oxygen atoms in total. The summed E-state index contributed by atoms with van der Waals surface area (Å²) >= 11 is 3.30. The molecule has 0 atom stereocenters. The maximum Gasteiger partial charge on any atom is 0.108 e. The second-order valence-corrected chi connectivity index (χ2v) is 2.88. The van der Waals surface area contributed by atoms with Crippen LogP contribution in [0.1, 0.15) is 5.69 Å². The number of pyridine rings is 1. The molecule has 0 unspecified atom stereocenters. The summed E-state index contributed by atoms with van der Waals surface area (Å²) < 4.78 is 0.872. The Morgan fingerprint density at radius 1 is 1.50 bits per heavy atom. The molecule has 0 aliphatic carbocycles. The Bertz CT molecular complexity index is 215. The Morgan fingerprint density at radius 2 is 2.20 bits per heavy atom. The molecule has 0 aliphatic rings. The highest BCUT2D eigenvalue weighted by Gasteiger charge is 1.93. The number of halogens is 1. The van der Waals surface area contributed by atoms with Gasteiger partial charge in [0, 0.05) is 18.4 Å². The molecule has 0 fully saturated rings. The minimum atomic E-state index is 0.872. The molecule has 54 valence electrons. The number of aromatic nitrogens is 1. The number of nitrogens with one attached hydrogen (secondary N) is 1. The van der Waals surface area contributed by atoms with E-state index in [1.165, 1.54) is 0 Å². The van der Waals surface area contributed by atoms with Crippen molar-refractivity contribution >= 4 is 21.6 Å². The standard InChI is InChI=1S/C7H9BrN2/c1-5-3-6(9-2)4-7(8)10-5/h3-4H,1-2H3,(H,9,10). The second-order valence-electron chi connectivity index (χ2n) is 2.07. The number of aryl methyl sites for hydroxylation is 1. The summed E-state index contributed by atoms with van der Waals surface area (Å²) in [5, 5.41) is 3.04. The van der Waals surface area contributed by atoms with Gasteiger partial charge in [-0.05, 0) is 35.0 Å². The first-order chi connectivity index (χ1) is 4.72. The highest BCUT2D eigenvalue weighted by atomic mass is 79.9. The first kappa shape index (κ1) is 7.54. The molecule has 1 N–H and O–H groups in total. The van der Waals surface area contributed by atoms with E-state index < -0.39 is 0 Å². The third kappa shape index (κ3) is 1.70. The van der Waals surface area contributed by atoms with Gasteiger partial charge in [-0.25, -0.2) is 4.98 Å². The van der Waals surface area contributed by atoms with Crippen molar-refractivity contribution < 1.29 is 0 Å². The monoisotopic (exact) mass is 200 g/mol. The zero-order valence-corrected chi connectivity index (χ0v) is 7.57. The molecule has 0 aliphatic heterocycles. The highest BCUT2D eigenvalue weighted by Crippen LogP contribution is 2.14. The van der Waals surface area contributed by atoms with E-state index in [9.17, 15) is 0 Å². The van der Waals surface area contributed by atoms with Crippen molar-refractivity contribution in [3.05, 3.63) is 22.4 Å². The van der Waals surface area contributed by atoms with E-state index in [0.29, 0.717) is 0 Å². The minimum absolute atomic E-state index is 0.872. The van der Waals surface area contributed by atoms with Gasteiger partial charge in [-0.3, -0.25) is 0 Å². The summed E-state index contributed by atoms with van der Waals surface area (Å²) in [7, 11) is 1.89. The van der Waals surface area contributed by atoms with Crippen molar-refractivity contribution in [3.63, 3.8) is 0 Å². The molecule has 10 heavy (non-hydrogen) atoms. The topological polar surface area (TPSA) is 24.9 Å². The van der Waals surface area contributed by atoms with Crippen molar-refractivity contribution in [2.45, 2.75) is 6.92 Å². The summed E-state index contributed by atoms with van der Waals surface area (Å²) in [6, 6.07) is 3.93. The third-order valence-electron chi connectivity index (χ3n) is 1.21. The van der Waals surface area contributed by atoms with Crippen LogP contribution in [0, 0.1) is 6.92 Å². The SMILES string of the molecule is CNc1cc(C)nc(Br)c1. The van der Waals surface area contributed by atoms with Crippen molar-refractivity contribution in [1.82, 2.24) is 4.98 Å². The molecule has 0 radical (unpaired) electrons. The van der Waals surface area contributed by atoms with Crippen LogP contribution >= 0.6 is 15.9 Å². The zero-order valence-electron chi connectivity index (χ0n) is 5.98. The van der Waals surface area contributed by atoms with Crippen LogP contribution in [0.15, 0.2) is 16.7 Å². The van der Waals surface area contributed by atoms with Gasteiger partial charge in [-0.2, -0.15) is 0 Å². The lowest BCUT2D eigenvalue weighted by Gasteiger charge is -2.00. The largest absolute Gasteiger partial charge is 0.388 e. The molecular formula is C7H9BrN2. The fourth-order valence-electron chi connectivity index (χ4n) is 0.772. The van der Waals surface area contributed by atoms with Crippen LogP contribution in [-0.2, 0) is 0 Å². The molecule has 0 aromatic carbocycles. The molecule has 1 heterocycles. The Hall–Kier alpha value is -0.570. The smallest absolute Gasteiger partial charge is 0.108 e. The van der Waals surface area contributed by atoms with Crippen LogP contribution < -0.4 is 5.32 Å². The van der Waals surface area contributed by atoms with Crippen LogP contribution in [0.5, 0.6) is 0 Å². The van der Waals surface area contributed by atoms with Gasteiger partial charge in [-0.1, -0.05) is 0 Å². The predicted octanol–water partition coefficient (Wildman–Crippen LogP) is 2.19. The lowest BCUT2D eigenvalue weighted by atomic mass is 10.3. The van der Waals surface area contributed by atoms with Gasteiger partial charge in [0.05, 0.1) is 0 Å². The summed E-state index contributed by atoms with van der Waals surface area (Å²) in [6.45, 7) is 1.96. The predicted molar refractivity (Wildman–Crippen MR) is 46.2 cm³/mol. The van der Waals surface area contributed by atoms with Crippen molar-refractivity contribution in [1.29, 1.82) is 0 Å². The Morgan fingerprint density at radius 3 is 2.70 bits per heavy atom. The van der Waals surface area contributed by atoms with Gasteiger partial charge in [0.15, 0.2) is 0 Å². The van der Waals surface area contributed by atoms with Crippen molar-refractivity contribution in [2.75, 3.05) is 12.4 Å². The lowest BCUT2D eigenvalue weighted by molar-refractivity contribution is 1.16. The van der Waals surface area contributed by atoms with E-state index in [1.54, 1.807) is 0 Å². The Balaban J connectivity index is 3.06. The average molecular weight is 201 g/mol. The summed E-state index contributed by atoms with van der Waals surface area (Å²) in [5.41, 5.74) is 2.10. The van der Waals surface area contributed by atoms with E-state index >= 15 is 0 Å². The summed E-state index contributed by atoms with van der Waals surface area (Å²) in [6.07, 6.45) is 0. The van der Waals surface area contributed by atoms with E-state index in [1.807, 2.05) is 26.1 Å². The molecule has 3 heteroatoms. The molecule has 0 amide bonds. The first-order valence-corrected chi connectivity index (χ1v) is 3.83. The van der Waals surface area contributed by atoms with Crippen LogP contribution in [0.2, 0.25) is 0 Å². The quantitative estimate of drug-likeness (QED) is 0.704. The number of hydrogen-bond donors (Lipinski definition) is 1. The third-order valence-corrected chi connectivity index (χ3v) is 1.62. The Labute approximate surface area is 68.8 Å². The van der Waals surface area contributed by atoms with Crippen LogP contribution in [0.3, 0.4) is 0 Å². The average Bonchev–Trinajstić information content (AvgIpc) is 1.85. The lowest BCUT2D eigenvalue weighted by Crippen LogP contribution is -1.90. The molecule has 0 bridgehead atoms. The first-order valence-electron chi connectivity index (χ1n) is 3.04. The summed E-state index contributed by atoms with van der Waals surface area (Å²) in [4.78, 5) is 4.16. The number of anilines is 1. The number of nitrogens with zero attached hydrogens (tertiary/aromatic N) is 1. The molecule has 1 aromatic rings. The van der Waals surface area contributed by atoms with Crippen LogP contribution in [0.4, 0.5) is 5.69 Å². The normalized spacial score (nSPS) is 9.50. The molecule has 1 aromatic heterocycles. The molecule has 0 saturated heterocycles. The van der Waals surface area contributed by atoms with Gasteiger partial charge < -0.3 is 5.32 Å². The van der Waals surface area contributed by atoms with Gasteiger partial charge >= 0.3 is 0 Å². The fourth-order valence-corrected chi connectivity index (χ4v) is 1.30. The maximum atomic E-state index is 4.16. The van der Waals surface area contributed by atoms with E-state index in [-0.39, 0.29) is 0 Å². The van der Waals surface area contributed by atoms with Gasteiger partial charge in [0.1, 0.15) is 4.60 Å². The second kappa shape index (κ2) is 3.01. The minimum Gasteiger partial charge on any atom is -0.388 e. The Kier molecular flexibility index (Phi) is 2.27. The van der Waals surface area contributed by atoms with E-state index in [4.69, 9.17) is 0 Å². The number of hydrogen-bond acceptors (Lipinski definition) is 2. The van der Waals surface area contributed by atoms with E-state index in [0.717, 1.165) is 16.0 Å². The van der Waals surface area contributed by atoms with Crippen LogP contribution in [-0.4, -0.2) is 12.0 Å². The molecule has 0 saturated carbocycles. The van der Waals surface area contributed by atoms with Crippen LogP contribution in [0.25, 0.3) is 0 Å². The van der Waals surface area contributed by atoms with Gasteiger partial charge in [0.25, 0.3) is 0 Å². The molecular weight excluding hydrogens is 192 g/mol. The van der Waals surface area contributed by atoms with Gasteiger partial charge in [-0.15, -0.1) is 0 Å². The summed E-state index contributed by atoms with van der Waals surface area (Å²) in [5.74, 6) is 0. The molecule has 1 rings (SSSR count). The molecule has 0 spiro atoms. The number of rotatable bonds is 1. The zero-order chi connectivity index (χ0) is 7.56. The highest BCUT2D eigenvalue weighted by molar-refractivity contribution is 9.10. The van der Waals surface area contributed by atoms with Crippen molar-refractivity contribution in [2.24, 2.45) is 0 Å². The maximum absolute atomic E-state index is 4.16.